The topological polar surface area (TPSA) is 55.4 Å². The van der Waals surface area contributed by atoms with Crippen molar-refractivity contribution in [3.8, 4) is 67.9 Å². The Balaban J connectivity index is 1.33. The maximum Gasteiger partial charge on any atom is 0.150 e. The van der Waals surface area contributed by atoms with Crippen molar-refractivity contribution in [1.82, 2.24) is 0 Å². The van der Waals surface area contributed by atoms with Crippen LogP contribution in [-0.2, 0) is 0 Å². The van der Waals surface area contributed by atoms with Gasteiger partial charge < -0.3 is 28.0 Å². The first-order valence-electron chi connectivity index (χ1n) is 22.3. The van der Waals surface area contributed by atoms with Gasteiger partial charge in [-0.05, 0) is 142 Å². The number of hydrogen-bond donors (Lipinski definition) is 0. The molecule has 6 nitrogen and oxygen atoms in total. The molecule has 8 heteroatoms. The second-order valence-electron chi connectivity index (χ2n) is 16.0. The van der Waals surface area contributed by atoms with E-state index in [1.807, 2.05) is 48.5 Å². The standard InChI is InChI=1S/C60H48O6P2/c1-61-45-23-31-49(32-24-45)67(50-33-25-46(62-2)26-34-50)65-59-55(41-15-7-5-8-16-41)39-43-19-11-13-21-53(43)57(59)58-54-22-14-12-20-44(54)40-56(42-17-9-6-10-18-42)60(58)66-68(51-35-27-47(63-3)28-36-51)52-37-29-48(64-4)30-38-52/h5-40H,1-4H3. The molecule has 0 aliphatic heterocycles. The highest BCUT2D eigenvalue weighted by Gasteiger charge is 2.31. The van der Waals surface area contributed by atoms with Crippen LogP contribution in [0.5, 0.6) is 34.5 Å². The number of ether oxygens (including phenoxy) is 4. The Morgan fingerprint density at radius 2 is 0.574 bits per heavy atom. The summed E-state index contributed by atoms with van der Waals surface area (Å²) < 4.78 is 38.4. The summed E-state index contributed by atoms with van der Waals surface area (Å²) in [6, 6.07) is 75.7. The van der Waals surface area contributed by atoms with Gasteiger partial charge in [0.15, 0.2) is 16.3 Å². The summed E-state index contributed by atoms with van der Waals surface area (Å²) in [6.45, 7) is 0. The maximum absolute atomic E-state index is 7.89. The molecule has 0 bridgehead atoms. The van der Waals surface area contributed by atoms with Crippen LogP contribution in [0.25, 0.3) is 54.9 Å². The summed E-state index contributed by atoms with van der Waals surface area (Å²) in [5, 5.41) is 8.27. The molecule has 0 aromatic heterocycles. The lowest BCUT2D eigenvalue weighted by Crippen LogP contribution is -2.17. The first-order valence-corrected chi connectivity index (χ1v) is 24.8. The van der Waals surface area contributed by atoms with Crippen LogP contribution in [0.2, 0.25) is 0 Å². The quantitative estimate of drug-likeness (QED) is 0.0955. The first-order chi connectivity index (χ1) is 33.5. The minimum Gasteiger partial charge on any atom is -0.497 e. The van der Waals surface area contributed by atoms with E-state index in [-0.39, 0.29) is 0 Å². The highest BCUT2D eigenvalue weighted by Crippen LogP contribution is 2.57. The molecule has 0 aliphatic carbocycles. The average Bonchev–Trinajstić information content (AvgIpc) is 3.42. The molecule has 334 valence electrons. The van der Waals surface area contributed by atoms with Crippen molar-refractivity contribution in [3.05, 3.63) is 218 Å². The number of benzene rings is 10. The largest absolute Gasteiger partial charge is 0.497 e. The van der Waals surface area contributed by atoms with Gasteiger partial charge in [0.2, 0.25) is 0 Å². The zero-order chi connectivity index (χ0) is 46.4. The first kappa shape index (κ1) is 44.2. The van der Waals surface area contributed by atoms with Gasteiger partial charge in [-0.1, -0.05) is 109 Å². The van der Waals surface area contributed by atoms with Crippen molar-refractivity contribution in [2.45, 2.75) is 0 Å². The molecule has 0 aliphatic rings. The second-order valence-corrected chi connectivity index (χ2v) is 19.6. The molecule has 10 aromatic carbocycles. The Morgan fingerprint density at radius 3 is 0.868 bits per heavy atom. The van der Waals surface area contributed by atoms with Crippen molar-refractivity contribution < 1.29 is 28.0 Å². The van der Waals surface area contributed by atoms with E-state index in [0.29, 0.717) is 0 Å². The Bertz CT molecular complexity index is 2990. The second kappa shape index (κ2) is 20.1. The lowest BCUT2D eigenvalue weighted by molar-refractivity contribution is 0.415. The highest BCUT2D eigenvalue weighted by atomic mass is 31.1. The fraction of sp³-hybridized carbons (Fsp3) is 0.0667. The minimum absolute atomic E-state index is 0.742. The Hall–Kier alpha value is -7.62. The van der Waals surface area contributed by atoms with Gasteiger partial charge in [-0.3, -0.25) is 0 Å². The van der Waals surface area contributed by atoms with E-state index in [0.717, 1.165) is 111 Å². The van der Waals surface area contributed by atoms with Crippen LogP contribution in [0.1, 0.15) is 0 Å². The monoisotopic (exact) mass is 926 g/mol. The molecular weight excluding hydrogens is 879 g/mol. The molecule has 0 unspecified atom stereocenters. The molecule has 0 spiro atoms. The van der Waals surface area contributed by atoms with Gasteiger partial charge in [-0.15, -0.1) is 0 Å². The molecule has 68 heavy (non-hydrogen) atoms. The van der Waals surface area contributed by atoms with E-state index in [2.05, 4.69) is 170 Å². The zero-order valence-corrected chi connectivity index (χ0v) is 39.9. The molecule has 0 heterocycles. The van der Waals surface area contributed by atoms with E-state index in [1.54, 1.807) is 28.4 Å². The fourth-order valence-electron chi connectivity index (χ4n) is 8.57. The van der Waals surface area contributed by atoms with Crippen molar-refractivity contribution in [1.29, 1.82) is 0 Å². The van der Waals surface area contributed by atoms with Crippen LogP contribution in [0.3, 0.4) is 0 Å². The van der Waals surface area contributed by atoms with Gasteiger partial charge in [0.25, 0.3) is 0 Å². The normalized spacial score (nSPS) is 11.2. The number of fused-ring (bicyclic) bond motifs is 2. The van der Waals surface area contributed by atoms with Crippen LogP contribution < -0.4 is 49.2 Å². The van der Waals surface area contributed by atoms with Crippen LogP contribution in [0, 0.1) is 0 Å². The SMILES string of the molecule is COc1ccc(P(Oc2c(-c3ccccc3)cc3ccccc3c2-c2c(OP(c3ccc(OC)cc3)c3ccc(OC)cc3)c(-c3ccccc3)cc3ccccc23)c2ccc(OC)cc2)cc1. The molecule has 0 saturated heterocycles. The summed E-state index contributed by atoms with van der Waals surface area (Å²) in [7, 11) is 3.74. The molecule has 0 fully saturated rings. The van der Waals surface area contributed by atoms with Gasteiger partial charge in [0.05, 0.1) is 28.4 Å². The molecule has 0 saturated carbocycles. The summed E-state index contributed by atoms with van der Waals surface area (Å²) in [5.74, 6) is 4.56. The van der Waals surface area contributed by atoms with Crippen LogP contribution in [0.4, 0.5) is 0 Å². The Labute approximate surface area is 400 Å². The van der Waals surface area contributed by atoms with Crippen LogP contribution in [0.15, 0.2) is 218 Å². The predicted molar refractivity (Wildman–Crippen MR) is 283 cm³/mol. The van der Waals surface area contributed by atoms with E-state index >= 15 is 0 Å². The molecule has 0 amide bonds. The number of rotatable bonds is 15. The average molecular weight is 927 g/mol. The maximum atomic E-state index is 7.89. The molecule has 0 radical (unpaired) electrons. The molecule has 10 rings (SSSR count). The van der Waals surface area contributed by atoms with E-state index in [9.17, 15) is 0 Å². The van der Waals surface area contributed by atoms with Gasteiger partial charge in [0, 0.05) is 43.5 Å². The lowest BCUT2D eigenvalue weighted by Gasteiger charge is -2.29. The number of hydrogen-bond acceptors (Lipinski definition) is 6. The predicted octanol–water partition coefficient (Wildman–Crippen LogP) is 13.9. The third-order valence-corrected chi connectivity index (χ3v) is 15.8. The van der Waals surface area contributed by atoms with Crippen molar-refractivity contribution in [2.75, 3.05) is 28.4 Å². The minimum atomic E-state index is -1.51. The lowest BCUT2D eigenvalue weighted by atomic mass is 9.86. The summed E-state index contributed by atoms with van der Waals surface area (Å²) in [5.41, 5.74) is 5.83. The molecular formula is C60H48O6P2. The number of methoxy groups -OCH3 is 4. The molecule has 10 aromatic rings. The Morgan fingerprint density at radius 1 is 0.294 bits per heavy atom. The third-order valence-electron chi connectivity index (χ3n) is 12.0. The van der Waals surface area contributed by atoms with Crippen molar-refractivity contribution in [2.24, 2.45) is 0 Å². The van der Waals surface area contributed by atoms with Crippen LogP contribution in [-0.4, -0.2) is 28.4 Å². The van der Waals surface area contributed by atoms with Gasteiger partial charge in [0.1, 0.15) is 34.5 Å². The van der Waals surface area contributed by atoms with Crippen LogP contribution >= 0.6 is 16.3 Å². The fourth-order valence-corrected chi connectivity index (χ4v) is 12.0. The summed E-state index contributed by atoms with van der Waals surface area (Å²) in [4.78, 5) is 0. The smallest absolute Gasteiger partial charge is 0.150 e. The van der Waals surface area contributed by atoms with E-state index in [1.165, 1.54) is 0 Å². The van der Waals surface area contributed by atoms with E-state index in [4.69, 9.17) is 28.0 Å². The third kappa shape index (κ3) is 8.97. The zero-order valence-electron chi connectivity index (χ0n) is 38.1. The Kier molecular flexibility index (Phi) is 13.1. The van der Waals surface area contributed by atoms with Gasteiger partial charge in [-0.25, -0.2) is 0 Å². The summed E-state index contributed by atoms with van der Waals surface area (Å²) >= 11 is 0. The van der Waals surface area contributed by atoms with Crippen molar-refractivity contribution in [3.63, 3.8) is 0 Å². The van der Waals surface area contributed by atoms with E-state index < -0.39 is 16.3 Å². The molecule has 0 atom stereocenters. The summed E-state index contributed by atoms with van der Waals surface area (Å²) in [6.07, 6.45) is 0. The van der Waals surface area contributed by atoms with Gasteiger partial charge >= 0.3 is 0 Å². The van der Waals surface area contributed by atoms with Crippen molar-refractivity contribution >= 4 is 59.1 Å². The van der Waals surface area contributed by atoms with Gasteiger partial charge in [-0.2, -0.15) is 0 Å². The highest BCUT2D eigenvalue weighted by molar-refractivity contribution is 7.69. The molecule has 0 N–H and O–H groups in total.